The summed E-state index contributed by atoms with van der Waals surface area (Å²) < 4.78 is 9.60. The summed E-state index contributed by atoms with van der Waals surface area (Å²) in [4.78, 5) is 12.2. The Morgan fingerprint density at radius 2 is 2.55 bits per heavy atom. The van der Waals surface area contributed by atoms with E-state index in [1.165, 1.54) is 0 Å². The summed E-state index contributed by atoms with van der Waals surface area (Å²) >= 11 is 4.95. The molecule has 0 N–H and O–H groups in total. The summed E-state index contributed by atoms with van der Waals surface area (Å²) in [6.07, 6.45) is 0. The van der Waals surface area contributed by atoms with E-state index in [1.807, 2.05) is 4.90 Å². The highest BCUT2D eigenvalue weighted by Crippen LogP contribution is 1.98. The lowest BCUT2D eigenvalue weighted by atomic mass is 10.5. The van der Waals surface area contributed by atoms with Gasteiger partial charge in [-0.25, -0.2) is 4.79 Å². The largest absolute Gasteiger partial charge is 0.452 e. The highest BCUT2D eigenvalue weighted by atomic mass is 35.5. The molecule has 1 aliphatic rings. The Hall–Kier alpha value is -0.320. The van der Waals surface area contributed by atoms with Gasteiger partial charge in [-0.15, -0.1) is 0 Å². The van der Waals surface area contributed by atoms with Crippen LogP contribution in [0.15, 0.2) is 0 Å². The summed E-state index contributed by atoms with van der Waals surface area (Å²) in [5, 5.41) is 0. The molecule has 0 bridgehead atoms. The fourth-order valence-corrected chi connectivity index (χ4v) is 0.960. The minimum Gasteiger partial charge on any atom is -0.452 e. The number of carbonyl (C=O) groups is 1. The normalized spacial score (nSPS) is 18.6. The number of nitrogens with zero attached hydrogens (tertiary/aromatic N) is 1. The van der Waals surface area contributed by atoms with Crippen LogP contribution in [0.2, 0.25) is 0 Å². The van der Waals surface area contributed by atoms with Crippen LogP contribution in [0, 0.1) is 0 Å². The van der Waals surface area contributed by atoms with Crippen molar-refractivity contribution in [3.63, 3.8) is 0 Å². The molecule has 1 heterocycles. The highest BCUT2D eigenvalue weighted by Gasteiger charge is 2.11. The van der Waals surface area contributed by atoms with Crippen molar-refractivity contribution in [3.8, 4) is 0 Å². The lowest BCUT2D eigenvalue weighted by Gasteiger charge is -2.10. The van der Waals surface area contributed by atoms with Crippen molar-refractivity contribution < 1.29 is 14.3 Å². The van der Waals surface area contributed by atoms with E-state index in [4.69, 9.17) is 16.3 Å². The molecular formula is C6H10ClNO3. The van der Waals surface area contributed by atoms with Crippen LogP contribution in [0.25, 0.3) is 0 Å². The third-order valence-corrected chi connectivity index (χ3v) is 1.56. The zero-order valence-corrected chi connectivity index (χ0v) is 6.84. The highest BCUT2D eigenvalue weighted by molar-refractivity contribution is 6.61. The maximum Gasteiger partial charge on any atom is 0.403 e. The Morgan fingerprint density at radius 1 is 1.73 bits per heavy atom. The van der Waals surface area contributed by atoms with Gasteiger partial charge in [0, 0.05) is 24.7 Å². The number of hydrogen-bond donors (Lipinski definition) is 0. The Balaban J connectivity index is 1.98. The molecule has 1 saturated heterocycles. The Labute approximate surface area is 70.0 Å². The molecule has 64 valence electrons. The molecule has 0 amide bonds. The maximum atomic E-state index is 10.1. The van der Waals surface area contributed by atoms with Crippen LogP contribution >= 0.6 is 11.6 Å². The molecule has 0 aliphatic carbocycles. The summed E-state index contributed by atoms with van der Waals surface area (Å²) in [6.45, 7) is 3.32. The maximum absolute atomic E-state index is 10.1. The van der Waals surface area contributed by atoms with Crippen molar-refractivity contribution in [3.05, 3.63) is 0 Å². The average Bonchev–Trinajstić information content (AvgIpc) is 2.39. The van der Waals surface area contributed by atoms with Crippen molar-refractivity contribution in [2.24, 2.45) is 0 Å². The average molecular weight is 180 g/mol. The predicted molar refractivity (Wildman–Crippen MR) is 39.6 cm³/mol. The molecule has 5 heteroatoms. The molecule has 0 aromatic carbocycles. The summed E-state index contributed by atoms with van der Waals surface area (Å²) in [6, 6.07) is 0. The molecule has 0 aromatic rings. The van der Waals surface area contributed by atoms with Crippen LogP contribution < -0.4 is 0 Å². The smallest absolute Gasteiger partial charge is 0.403 e. The van der Waals surface area contributed by atoms with E-state index in [-0.39, 0.29) is 0 Å². The molecule has 0 unspecified atom stereocenters. The van der Waals surface area contributed by atoms with Crippen LogP contribution in [0.3, 0.4) is 0 Å². The minimum atomic E-state index is -0.745. The number of rotatable bonds is 3. The standard InChI is InChI=1S/C6H10ClNO3/c7-6(9)11-4-2-8-1-3-10-5-8/h1-5H2. The second kappa shape index (κ2) is 4.54. The van der Waals surface area contributed by atoms with E-state index in [0.29, 0.717) is 19.9 Å². The molecule has 1 fully saturated rings. The molecule has 11 heavy (non-hydrogen) atoms. The first kappa shape index (κ1) is 8.77. The second-order valence-corrected chi connectivity index (χ2v) is 2.55. The van der Waals surface area contributed by atoms with Crippen molar-refractivity contribution >= 4 is 17.0 Å². The van der Waals surface area contributed by atoms with Crippen molar-refractivity contribution in [1.29, 1.82) is 0 Å². The van der Waals surface area contributed by atoms with Gasteiger partial charge in [-0.05, 0) is 0 Å². The molecule has 0 saturated carbocycles. The number of halogens is 1. The van der Waals surface area contributed by atoms with E-state index in [0.717, 1.165) is 13.2 Å². The van der Waals surface area contributed by atoms with Crippen LogP contribution in [0.1, 0.15) is 0 Å². The van der Waals surface area contributed by atoms with Crippen LogP contribution in [-0.4, -0.2) is 43.4 Å². The van der Waals surface area contributed by atoms with Crippen LogP contribution in [0.5, 0.6) is 0 Å². The topological polar surface area (TPSA) is 38.8 Å². The second-order valence-electron chi connectivity index (χ2n) is 2.24. The minimum absolute atomic E-state index is 0.339. The van der Waals surface area contributed by atoms with Gasteiger partial charge in [0.25, 0.3) is 0 Å². The van der Waals surface area contributed by atoms with Gasteiger partial charge in [-0.3, -0.25) is 4.90 Å². The molecule has 0 spiro atoms. The predicted octanol–water partition coefficient (Wildman–Crippen LogP) is 0.652. The van der Waals surface area contributed by atoms with Gasteiger partial charge in [0.05, 0.1) is 13.3 Å². The lowest BCUT2D eigenvalue weighted by molar-refractivity contribution is 0.116. The van der Waals surface area contributed by atoms with Gasteiger partial charge in [0.15, 0.2) is 0 Å². The van der Waals surface area contributed by atoms with Gasteiger partial charge in [-0.1, -0.05) is 0 Å². The summed E-state index contributed by atoms with van der Waals surface area (Å²) in [5.41, 5.74) is -0.745. The van der Waals surface area contributed by atoms with Crippen LogP contribution in [0.4, 0.5) is 4.79 Å². The zero-order valence-electron chi connectivity index (χ0n) is 6.09. The van der Waals surface area contributed by atoms with Gasteiger partial charge in [0.2, 0.25) is 0 Å². The molecule has 4 nitrogen and oxygen atoms in total. The fourth-order valence-electron chi connectivity index (χ4n) is 0.883. The fraction of sp³-hybridized carbons (Fsp3) is 0.833. The first-order valence-corrected chi connectivity index (χ1v) is 3.79. The van der Waals surface area contributed by atoms with E-state index in [2.05, 4.69) is 4.74 Å². The number of hydrogen-bond acceptors (Lipinski definition) is 4. The molecule has 0 radical (unpaired) electrons. The van der Waals surface area contributed by atoms with Gasteiger partial charge in [0.1, 0.15) is 6.61 Å². The van der Waals surface area contributed by atoms with Crippen molar-refractivity contribution in [2.45, 2.75) is 0 Å². The Bertz CT molecular complexity index is 136. The quantitative estimate of drug-likeness (QED) is 0.597. The Kier molecular flexibility index (Phi) is 3.62. The van der Waals surface area contributed by atoms with Crippen molar-refractivity contribution in [2.75, 3.05) is 33.0 Å². The van der Waals surface area contributed by atoms with E-state index in [9.17, 15) is 4.79 Å². The van der Waals surface area contributed by atoms with Gasteiger partial charge in [-0.2, -0.15) is 0 Å². The molecular weight excluding hydrogens is 170 g/mol. The first-order valence-electron chi connectivity index (χ1n) is 3.41. The SMILES string of the molecule is O=C(Cl)OCCN1CCOC1. The van der Waals surface area contributed by atoms with Gasteiger partial charge < -0.3 is 9.47 Å². The molecule has 1 rings (SSSR count). The number of ether oxygens (including phenoxy) is 2. The van der Waals surface area contributed by atoms with Crippen LogP contribution in [-0.2, 0) is 9.47 Å². The third kappa shape index (κ3) is 3.55. The van der Waals surface area contributed by atoms with E-state index < -0.39 is 5.43 Å². The molecule has 1 aliphatic heterocycles. The summed E-state index contributed by atoms with van der Waals surface area (Å²) in [7, 11) is 0. The lowest BCUT2D eigenvalue weighted by Crippen LogP contribution is -2.24. The third-order valence-electron chi connectivity index (χ3n) is 1.45. The first-order chi connectivity index (χ1) is 5.29. The van der Waals surface area contributed by atoms with E-state index >= 15 is 0 Å². The van der Waals surface area contributed by atoms with Crippen molar-refractivity contribution in [1.82, 2.24) is 4.90 Å². The Morgan fingerprint density at radius 3 is 3.09 bits per heavy atom. The molecule has 0 atom stereocenters. The van der Waals surface area contributed by atoms with E-state index in [1.54, 1.807) is 0 Å². The van der Waals surface area contributed by atoms with Gasteiger partial charge >= 0.3 is 5.43 Å². The number of carbonyl (C=O) groups excluding carboxylic acids is 1. The molecule has 0 aromatic heterocycles. The summed E-state index contributed by atoms with van der Waals surface area (Å²) in [5.74, 6) is 0. The monoisotopic (exact) mass is 179 g/mol. The zero-order chi connectivity index (χ0) is 8.10.